The molecule has 0 N–H and O–H groups in total. The lowest BCUT2D eigenvalue weighted by Crippen LogP contribution is -1.94. The summed E-state index contributed by atoms with van der Waals surface area (Å²) in [5, 5.41) is 0. The van der Waals surface area contributed by atoms with Crippen molar-refractivity contribution in [1.82, 2.24) is 24.9 Å². The topological polar surface area (TPSA) is 98.6 Å². The lowest BCUT2D eigenvalue weighted by Gasteiger charge is -1.98. The van der Waals surface area contributed by atoms with E-state index in [0.717, 1.165) is 17.7 Å². The zero-order valence-electron chi connectivity index (χ0n) is 14.7. The first-order valence-corrected chi connectivity index (χ1v) is 8.33. The molecule has 7 nitrogen and oxygen atoms in total. The number of hydrogen-bond acceptors (Lipinski definition) is 7. The fraction of sp³-hybridized carbons (Fsp3) is 0. The van der Waals surface area contributed by atoms with Crippen LogP contribution >= 0.6 is 0 Å². The predicted octanol–water partition coefficient (Wildman–Crippen LogP) is 3.31. The van der Waals surface area contributed by atoms with Crippen LogP contribution in [0.15, 0.2) is 79.3 Å². The zero-order valence-corrected chi connectivity index (χ0v) is 14.7. The molecule has 0 bridgehead atoms. The van der Waals surface area contributed by atoms with Crippen LogP contribution in [0.3, 0.4) is 0 Å². The normalized spacial score (nSPS) is 9.71. The molecule has 7 heteroatoms. The molecule has 4 rings (SSSR count). The minimum Gasteiger partial charge on any atom is -0.296 e. The summed E-state index contributed by atoms with van der Waals surface area (Å²) in [5.74, 6) is 0.468. The molecule has 0 aliphatic carbocycles. The van der Waals surface area contributed by atoms with Crippen LogP contribution in [-0.2, 0) is 0 Å². The Morgan fingerprint density at radius 3 is 1.82 bits per heavy atom. The standard InChI is InChI=1S/C11H8N2O.C10H7N3O/c14-8-9-4-3-6-11(13-9)10-5-1-2-7-12-10;14-7-8-4-6-12-10(13-8)9-3-1-2-5-11-9/h1-8H;1-7H. The van der Waals surface area contributed by atoms with Crippen LogP contribution in [0.2, 0.25) is 0 Å². The maximum absolute atomic E-state index is 10.5. The number of carbonyl (C=O) groups is 2. The Kier molecular flexibility index (Phi) is 6.35. The smallest absolute Gasteiger partial charge is 0.178 e. The van der Waals surface area contributed by atoms with Gasteiger partial charge in [-0.15, -0.1) is 0 Å². The summed E-state index contributed by atoms with van der Waals surface area (Å²) >= 11 is 0. The van der Waals surface area contributed by atoms with Crippen molar-refractivity contribution in [3.8, 4) is 22.9 Å². The van der Waals surface area contributed by atoms with E-state index >= 15 is 0 Å². The molecule has 0 aliphatic rings. The second-order valence-corrected chi connectivity index (χ2v) is 5.42. The first-order valence-electron chi connectivity index (χ1n) is 8.33. The number of nitrogens with zero attached hydrogens (tertiary/aromatic N) is 5. The van der Waals surface area contributed by atoms with E-state index in [1.165, 1.54) is 0 Å². The molecule has 0 amide bonds. The van der Waals surface area contributed by atoms with Crippen molar-refractivity contribution in [2.75, 3.05) is 0 Å². The Bertz CT molecular complexity index is 969. The van der Waals surface area contributed by atoms with E-state index in [0.29, 0.717) is 29.2 Å². The highest BCUT2D eigenvalue weighted by Crippen LogP contribution is 2.12. The molecule has 0 saturated carbocycles. The summed E-state index contributed by atoms with van der Waals surface area (Å²) in [6.07, 6.45) is 6.32. The molecular weight excluding hydrogens is 354 g/mol. The zero-order chi connectivity index (χ0) is 19.6. The van der Waals surface area contributed by atoms with Gasteiger partial charge in [0.25, 0.3) is 0 Å². The lowest BCUT2D eigenvalue weighted by molar-refractivity contribution is 0.111. The first-order chi connectivity index (χ1) is 13.8. The average molecular weight is 369 g/mol. The van der Waals surface area contributed by atoms with E-state index in [1.807, 2.05) is 36.4 Å². The number of aldehydes is 2. The fourth-order valence-electron chi connectivity index (χ4n) is 2.23. The third-order valence-electron chi connectivity index (χ3n) is 3.51. The molecule has 0 spiro atoms. The van der Waals surface area contributed by atoms with Crippen LogP contribution in [0.4, 0.5) is 0 Å². The maximum Gasteiger partial charge on any atom is 0.178 e. The Morgan fingerprint density at radius 1 is 0.536 bits per heavy atom. The SMILES string of the molecule is O=Cc1cccc(-c2ccccn2)n1.O=Cc1ccnc(-c2ccccn2)n1. The summed E-state index contributed by atoms with van der Waals surface area (Å²) in [6.45, 7) is 0. The number of pyridine rings is 3. The Hall–Kier alpha value is -4.13. The third-order valence-corrected chi connectivity index (χ3v) is 3.51. The van der Waals surface area contributed by atoms with Gasteiger partial charge in [-0.25, -0.2) is 15.0 Å². The van der Waals surface area contributed by atoms with Crippen LogP contribution in [0.1, 0.15) is 21.0 Å². The highest BCUT2D eigenvalue weighted by Gasteiger charge is 2.02. The van der Waals surface area contributed by atoms with Crippen LogP contribution < -0.4 is 0 Å². The second kappa shape index (κ2) is 9.54. The summed E-state index contributed by atoms with van der Waals surface area (Å²) < 4.78 is 0. The van der Waals surface area contributed by atoms with Crippen LogP contribution in [-0.4, -0.2) is 37.5 Å². The van der Waals surface area contributed by atoms with E-state index in [2.05, 4.69) is 24.9 Å². The maximum atomic E-state index is 10.5. The van der Waals surface area contributed by atoms with Crippen molar-refractivity contribution in [2.24, 2.45) is 0 Å². The van der Waals surface area contributed by atoms with Gasteiger partial charge < -0.3 is 0 Å². The number of aromatic nitrogens is 5. The Balaban J connectivity index is 0.000000161. The highest BCUT2D eigenvalue weighted by molar-refractivity contribution is 5.73. The van der Waals surface area contributed by atoms with Gasteiger partial charge in [-0.2, -0.15) is 0 Å². The minimum atomic E-state index is 0.362. The quantitative estimate of drug-likeness (QED) is 0.509. The minimum absolute atomic E-state index is 0.362. The summed E-state index contributed by atoms with van der Waals surface area (Å²) in [4.78, 5) is 41.4. The molecule has 0 unspecified atom stereocenters. The molecule has 0 radical (unpaired) electrons. The van der Waals surface area contributed by atoms with E-state index in [4.69, 9.17) is 0 Å². The monoisotopic (exact) mass is 369 g/mol. The number of rotatable bonds is 4. The van der Waals surface area contributed by atoms with Gasteiger partial charge in [0, 0.05) is 18.6 Å². The summed E-state index contributed by atoms with van der Waals surface area (Å²) in [7, 11) is 0. The molecule has 0 aliphatic heterocycles. The molecular formula is C21H15N5O2. The summed E-state index contributed by atoms with van der Waals surface area (Å²) in [5.41, 5.74) is 2.94. The van der Waals surface area contributed by atoms with Gasteiger partial charge in [0.15, 0.2) is 18.4 Å². The summed E-state index contributed by atoms with van der Waals surface area (Å²) in [6, 6.07) is 17.9. The van der Waals surface area contributed by atoms with Gasteiger partial charge >= 0.3 is 0 Å². The van der Waals surface area contributed by atoms with Gasteiger partial charge in [-0.1, -0.05) is 18.2 Å². The number of carbonyl (C=O) groups excluding carboxylic acids is 2. The number of hydrogen-bond donors (Lipinski definition) is 0. The lowest BCUT2D eigenvalue weighted by atomic mass is 10.2. The molecule has 0 fully saturated rings. The van der Waals surface area contributed by atoms with Gasteiger partial charge in [0.05, 0.1) is 11.4 Å². The third kappa shape index (κ3) is 4.95. The van der Waals surface area contributed by atoms with Gasteiger partial charge in [0.1, 0.15) is 17.1 Å². The largest absolute Gasteiger partial charge is 0.296 e. The molecule has 136 valence electrons. The van der Waals surface area contributed by atoms with Gasteiger partial charge in [0.2, 0.25) is 0 Å². The van der Waals surface area contributed by atoms with Crippen molar-refractivity contribution >= 4 is 12.6 Å². The molecule has 4 aromatic rings. The van der Waals surface area contributed by atoms with Crippen molar-refractivity contribution < 1.29 is 9.59 Å². The second-order valence-electron chi connectivity index (χ2n) is 5.42. The van der Waals surface area contributed by atoms with E-state index in [9.17, 15) is 9.59 Å². The van der Waals surface area contributed by atoms with Crippen LogP contribution in [0, 0.1) is 0 Å². The molecule has 0 saturated heterocycles. The predicted molar refractivity (Wildman–Crippen MR) is 104 cm³/mol. The van der Waals surface area contributed by atoms with Crippen LogP contribution in [0.5, 0.6) is 0 Å². The van der Waals surface area contributed by atoms with Gasteiger partial charge in [-0.3, -0.25) is 19.6 Å². The van der Waals surface area contributed by atoms with Crippen molar-refractivity contribution in [1.29, 1.82) is 0 Å². The fourth-order valence-corrected chi connectivity index (χ4v) is 2.23. The Labute approximate surface area is 161 Å². The first kappa shape index (κ1) is 18.7. The highest BCUT2D eigenvalue weighted by atomic mass is 16.1. The molecule has 4 heterocycles. The molecule has 4 aromatic heterocycles. The van der Waals surface area contributed by atoms with Crippen LogP contribution in [0.25, 0.3) is 22.9 Å². The van der Waals surface area contributed by atoms with E-state index < -0.39 is 0 Å². The van der Waals surface area contributed by atoms with E-state index in [1.54, 1.807) is 42.9 Å². The molecule has 0 atom stereocenters. The molecule has 28 heavy (non-hydrogen) atoms. The van der Waals surface area contributed by atoms with Crippen molar-refractivity contribution in [3.05, 3.63) is 90.6 Å². The Morgan fingerprint density at radius 2 is 1.18 bits per heavy atom. The van der Waals surface area contributed by atoms with E-state index in [-0.39, 0.29) is 0 Å². The molecule has 0 aromatic carbocycles. The van der Waals surface area contributed by atoms with Gasteiger partial charge in [-0.05, 0) is 42.5 Å². The van der Waals surface area contributed by atoms with Crippen molar-refractivity contribution in [2.45, 2.75) is 0 Å². The average Bonchev–Trinajstić information content (AvgIpc) is 2.81. The van der Waals surface area contributed by atoms with Crippen molar-refractivity contribution in [3.63, 3.8) is 0 Å².